The van der Waals surface area contributed by atoms with Crippen molar-refractivity contribution in [2.75, 3.05) is 12.3 Å². The molecule has 0 spiro atoms. The maximum atomic E-state index is 12.5. The van der Waals surface area contributed by atoms with E-state index in [-0.39, 0.29) is 12.2 Å². The fraction of sp³-hybridized carbons (Fsp3) is 0.533. The maximum absolute atomic E-state index is 12.5. The molecule has 1 aromatic heterocycles. The second-order valence-electron chi connectivity index (χ2n) is 5.96. The number of carboxylic acids is 1. The molecule has 0 aliphatic carbocycles. The first kappa shape index (κ1) is 23.4. The number of H-pyrrole nitrogens is 1. The van der Waals surface area contributed by atoms with Crippen molar-refractivity contribution in [1.29, 1.82) is 0 Å². The second-order valence-corrected chi connectivity index (χ2v) is 6.33. The summed E-state index contributed by atoms with van der Waals surface area (Å²) in [5.41, 5.74) is 6.05. The standard InChI is InChI=1S/C15H24N6O6S/c1-7(22)12(16)15(27)21-10(5-28)14(26)20-9(2-8-3-17-6-19-8)13(25)18-4-11(23)24/h3,6-7,9-10,12,22,28H,2,4-5,16H2,1H3,(H,17,19)(H,18,25)(H,20,26)(H,21,27)(H,23,24). The van der Waals surface area contributed by atoms with Gasteiger partial charge in [-0.05, 0) is 6.92 Å². The van der Waals surface area contributed by atoms with Crippen LogP contribution in [0.4, 0.5) is 0 Å². The van der Waals surface area contributed by atoms with Crippen LogP contribution in [0.2, 0.25) is 0 Å². The van der Waals surface area contributed by atoms with Crippen molar-refractivity contribution >= 4 is 36.3 Å². The number of hydrogen-bond donors (Lipinski definition) is 8. The summed E-state index contributed by atoms with van der Waals surface area (Å²) in [6.45, 7) is 0.706. The van der Waals surface area contributed by atoms with Crippen LogP contribution in [0.1, 0.15) is 12.6 Å². The quantitative estimate of drug-likeness (QED) is 0.172. The van der Waals surface area contributed by atoms with Crippen molar-refractivity contribution < 1.29 is 29.4 Å². The molecule has 1 heterocycles. The van der Waals surface area contributed by atoms with Gasteiger partial charge in [-0.15, -0.1) is 0 Å². The lowest BCUT2D eigenvalue weighted by Gasteiger charge is -2.23. The highest BCUT2D eigenvalue weighted by Crippen LogP contribution is 2.01. The van der Waals surface area contributed by atoms with E-state index in [1.165, 1.54) is 19.4 Å². The Hall–Kier alpha value is -2.64. The summed E-state index contributed by atoms with van der Waals surface area (Å²) in [6, 6.07) is -3.50. The molecular weight excluding hydrogens is 392 g/mol. The molecule has 156 valence electrons. The van der Waals surface area contributed by atoms with Crippen molar-refractivity contribution in [2.45, 2.75) is 37.6 Å². The number of aliphatic hydroxyl groups is 1. The molecule has 0 aliphatic heterocycles. The van der Waals surface area contributed by atoms with Gasteiger partial charge in [-0.1, -0.05) is 0 Å². The molecule has 1 rings (SSSR count). The minimum atomic E-state index is -1.24. The summed E-state index contributed by atoms with van der Waals surface area (Å²) in [5.74, 6) is -3.55. The average Bonchev–Trinajstić information content (AvgIpc) is 3.15. The molecular formula is C15H24N6O6S. The van der Waals surface area contributed by atoms with Crippen molar-refractivity contribution in [3.8, 4) is 0 Å². The number of imidazole rings is 1. The van der Waals surface area contributed by atoms with Crippen LogP contribution in [-0.2, 0) is 25.6 Å². The van der Waals surface area contributed by atoms with Crippen LogP contribution in [0, 0.1) is 0 Å². The number of aromatic amines is 1. The summed E-state index contributed by atoms with van der Waals surface area (Å²) in [5, 5.41) is 25.0. The number of aliphatic hydroxyl groups excluding tert-OH is 1. The zero-order chi connectivity index (χ0) is 21.3. The fourth-order valence-corrected chi connectivity index (χ4v) is 2.32. The minimum absolute atomic E-state index is 0.0115. The van der Waals surface area contributed by atoms with Gasteiger partial charge in [0.05, 0.1) is 12.4 Å². The van der Waals surface area contributed by atoms with Gasteiger partial charge in [0.15, 0.2) is 0 Å². The highest BCUT2D eigenvalue weighted by atomic mass is 32.1. The number of thiol groups is 1. The first-order chi connectivity index (χ1) is 13.1. The Balaban J connectivity index is 2.82. The predicted octanol–water partition coefficient (Wildman–Crippen LogP) is -3.24. The third kappa shape index (κ3) is 7.54. The number of nitrogens with one attached hydrogen (secondary N) is 4. The Bertz CT molecular complexity index is 683. The van der Waals surface area contributed by atoms with Crippen LogP contribution >= 0.6 is 12.6 Å². The molecule has 4 unspecified atom stereocenters. The number of carbonyl (C=O) groups excluding carboxylic acids is 3. The molecule has 0 fully saturated rings. The molecule has 3 amide bonds. The molecule has 28 heavy (non-hydrogen) atoms. The Kier molecular flexibility index (Phi) is 9.41. The third-order valence-electron chi connectivity index (χ3n) is 3.66. The molecule has 0 aliphatic rings. The normalized spacial score (nSPS) is 15.0. The number of carbonyl (C=O) groups is 4. The van der Waals surface area contributed by atoms with E-state index in [0.29, 0.717) is 5.69 Å². The van der Waals surface area contributed by atoms with Gasteiger partial charge in [0, 0.05) is 24.1 Å². The summed E-state index contributed by atoms with van der Waals surface area (Å²) in [4.78, 5) is 53.9. The molecule has 1 aromatic rings. The first-order valence-electron chi connectivity index (χ1n) is 8.27. The van der Waals surface area contributed by atoms with Crippen molar-refractivity contribution in [3.05, 3.63) is 18.2 Å². The number of rotatable bonds is 11. The number of aliphatic carboxylic acids is 1. The predicted molar refractivity (Wildman–Crippen MR) is 100 cm³/mol. The summed E-state index contributed by atoms with van der Waals surface area (Å²) >= 11 is 4.01. The van der Waals surface area contributed by atoms with E-state index >= 15 is 0 Å². The molecule has 8 N–H and O–H groups in total. The zero-order valence-electron chi connectivity index (χ0n) is 15.1. The maximum Gasteiger partial charge on any atom is 0.322 e. The minimum Gasteiger partial charge on any atom is -0.480 e. The van der Waals surface area contributed by atoms with Gasteiger partial charge in [0.1, 0.15) is 24.7 Å². The lowest BCUT2D eigenvalue weighted by atomic mass is 10.1. The van der Waals surface area contributed by atoms with E-state index in [9.17, 15) is 24.3 Å². The lowest BCUT2D eigenvalue weighted by Crippen LogP contribution is -2.58. The van der Waals surface area contributed by atoms with Crippen LogP contribution in [0.15, 0.2) is 12.5 Å². The fourth-order valence-electron chi connectivity index (χ4n) is 2.06. The number of carboxylic acid groups (broad SMARTS) is 1. The molecule has 12 nitrogen and oxygen atoms in total. The number of amides is 3. The number of nitrogens with zero attached hydrogens (tertiary/aromatic N) is 1. The lowest BCUT2D eigenvalue weighted by molar-refractivity contribution is -0.138. The van der Waals surface area contributed by atoms with E-state index in [0.717, 1.165) is 0 Å². The van der Waals surface area contributed by atoms with Gasteiger partial charge in [0.25, 0.3) is 0 Å². The van der Waals surface area contributed by atoms with Gasteiger partial charge in [0.2, 0.25) is 17.7 Å². The van der Waals surface area contributed by atoms with Gasteiger partial charge >= 0.3 is 5.97 Å². The average molecular weight is 416 g/mol. The van der Waals surface area contributed by atoms with E-state index in [1.807, 2.05) is 0 Å². The van der Waals surface area contributed by atoms with Crippen LogP contribution < -0.4 is 21.7 Å². The van der Waals surface area contributed by atoms with E-state index in [1.54, 1.807) is 0 Å². The zero-order valence-corrected chi connectivity index (χ0v) is 16.0. The topological polar surface area (TPSA) is 200 Å². The largest absolute Gasteiger partial charge is 0.480 e. The van der Waals surface area contributed by atoms with Crippen LogP contribution in [-0.4, -0.2) is 80.4 Å². The molecule has 0 saturated carbocycles. The molecule has 13 heteroatoms. The van der Waals surface area contributed by atoms with E-state index < -0.39 is 54.5 Å². The smallest absolute Gasteiger partial charge is 0.322 e. The summed E-state index contributed by atoms with van der Waals surface area (Å²) < 4.78 is 0. The van der Waals surface area contributed by atoms with Crippen LogP contribution in [0.5, 0.6) is 0 Å². The van der Waals surface area contributed by atoms with E-state index in [2.05, 4.69) is 38.5 Å². The molecule has 0 aromatic carbocycles. The molecule has 0 bridgehead atoms. The third-order valence-corrected chi connectivity index (χ3v) is 4.03. The van der Waals surface area contributed by atoms with Crippen molar-refractivity contribution in [1.82, 2.24) is 25.9 Å². The summed E-state index contributed by atoms with van der Waals surface area (Å²) in [6.07, 6.45) is 1.72. The SMILES string of the molecule is CC(O)C(N)C(=O)NC(CS)C(=O)NC(Cc1cnc[nH]1)C(=O)NCC(=O)O. The highest BCUT2D eigenvalue weighted by molar-refractivity contribution is 7.80. The van der Waals surface area contributed by atoms with E-state index in [4.69, 9.17) is 10.8 Å². The Morgan fingerprint density at radius 1 is 1.21 bits per heavy atom. The number of nitrogens with two attached hydrogens (primary N) is 1. The Labute approximate surface area is 166 Å². The summed E-state index contributed by atoms with van der Waals surface area (Å²) in [7, 11) is 0. The Morgan fingerprint density at radius 3 is 2.36 bits per heavy atom. The van der Waals surface area contributed by atoms with Gasteiger partial charge in [-0.25, -0.2) is 4.98 Å². The van der Waals surface area contributed by atoms with Crippen LogP contribution in [0.3, 0.4) is 0 Å². The number of hydrogen-bond acceptors (Lipinski definition) is 8. The second kappa shape index (κ2) is 11.3. The molecule has 0 radical (unpaired) electrons. The van der Waals surface area contributed by atoms with Gasteiger partial charge in [-0.2, -0.15) is 12.6 Å². The van der Waals surface area contributed by atoms with Crippen LogP contribution in [0.25, 0.3) is 0 Å². The molecule has 0 saturated heterocycles. The first-order valence-corrected chi connectivity index (χ1v) is 8.91. The van der Waals surface area contributed by atoms with Crippen molar-refractivity contribution in [2.24, 2.45) is 5.73 Å². The number of aromatic nitrogens is 2. The van der Waals surface area contributed by atoms with Crippen molar-refractivity contribution in [3.63, 3.8) is 0 Å². The molecule has 4 atom stereocenters. The Morgan fingerprint density at radius 2 is 1.86 bits per heavy atom. The monoisotopic (exact) mass is 416 g/mol. The van der Waals surface area contributed by atoms with Gasteiger partial charge in [-0.3, -0.25) is 19.2 Å². The highest BCUT2D eigenvalue weighted by Gasteiger charge is 2.29. The van der Waals surface area contributed by atoms with Gasteiger partial charge < -0.3 is 36.9 Å².